The first-order chi connectivity index (χ1) is 18.8. The molecule has 14 heteroatoms. The van der Waals surface area contributed by atoms with Crippen molar-refractivity contribution in [1.29, 1.82) is 5.41 Å². The van der Waals surface area contributed by atoms with E-state index in [9.17, 15) is 33.0 Å². The van der Waals surface area contributed by atoms with Gasteiger partial charge in [0.1, 0.15) is 18.1 Å². The fourth-order valence-electron chi connectivity index (χ4n) is 4.70. The van der Waals surface area contributed by atoms with Crippen LogP contribution in [0.2, 0.25) is 0 Å². The van der Waals surface area contributed by atoms with Crippen LogP contribution >= 0.6 is 17.0 Å². The summed E-state index contributed by atoms with van der Waals surface area (Å²) < 4.78 is 25.2. The van der Waals surface area contributed by atoms with E-state index in [0.717, 1.165) is 11.8 Å². The van der Waals surface area contributed by atoms with Gasteiger partial charge < -0.3 is 25.3 Å². The van der Waals surface area contributed by atoms with Gasteiger partial charge in [-0.2, -0.15) is 4.31 Å². The number of aromatic hydroxyl groups is 1. The number of halogens is 1. The predicted molar refractivity (Wildman–Crippen MR) is 166 cm³/mol. The van der Waals surface area contributed by atoms with Gasteiger partial charge in [-0.15, -0.1) is 17.0 Å². The molecule has 0 spiro atoms. The molecular formula is C28H38BrN5O7S. The summed E-state index contributed by atoms with van der Waals surface area (Å²) in [6.45, 7) is 4.31. The first-order valence-corrected chi connectivity index (χ1v) is 14.7. The van der Waals surface area contributed by atoms with Crippen LogP contribution in [-0.4, -0.2) is 91.8 Å². The summed E-state index contributed by atoms with van der Waals surface area (Å²) >= 11 is 0. The number of hydrogen-bond acceptors (Lipinski definition) is 8. The van der Waals surface area contributed by atoms with Gasteiger partial charge in [0.25, 0.3) is 5.91 Å². The van der Waals surface area contributed by atoms with Crippen LogP contribution in [0.3, 0.4) is 0 Å². The van der Waals surface area contributed by atoms with Crippen molar-refractivity contribution < 1.29 is 33.0 Å². The maximum Gasteiger partial charge on any atom is 0.318 e. The summed E-state index contributed by atoms with van der Waals surface area (Å²) in [6.07, 6.45) is 0.876. The number of carboxylic acid groups (broad SMARTS) is 1. The van der Waals surface area contributed by atoms with Gasteiger partial charge in [0.15, 0.2) is 5.78 Å². The fourth-order valence-corrected chi connectivity index (χ4v) is 5.42. The van der Waals surface area contributed by atoms with Gasteiger partial charge in [0, 0.05) is 62.2 Å². The lowest BCUT2D eigenvalue weighted by atomic mass is 9.83. The molecule has 12 nitrogen and oxygen atoms in total. The van der Waals surface area contributed by atoms with E-state index in [0.29, 0.717) is 26.7 Å². The molecule has 0 fully saturated rings. The molecule has 2 aromatic rings. The van der Waals surface area contributed by atoms with Crippen molar-refractivity contribution in [2.75, 3.05) is 45.4 Å². The van der Waals surface area contributed by atoms with Crippen molar-refractivity contribution >= 4 is 56.2 Å². The van der Waals surface area contributed by atoms with Crippen LogP contribution in [0.1, 0.15) is 63.7 Å². The quantitative estimate of drug-likeness (QED) is 0.278. The number of ketones is 1. The van der Waals surface area contributed by atoms with Gasteiger partial charge in [0.2, 0.25) is 10.0 Å². The molecule has 1 amide bonds. The monoisotopic (exact) mass is 667 g/mol. The molecule has 0 saturated carbocycles. The number of aliphatic carboxylic acids is 1. The van der Waals surface area contributed by atoms with Gasteiger partial charge in [-0.05, 0) is 35.2 Å². The molecule has 1 heterocycles. The van der Waals surface area contributed by atoms with E-state index in [2.05, 4.69) is 5.32 Å². The van der Waals surface area contributed by atoms with E-state index in [4.69, 9.17) is 5.41 Å². The molecular weight excluding hydrogens is 630 g/mol. The number of carbonyl (C=O) groups excluding carboxylic acids is 2. The van der Waals surface area contributed by atoms with Gasteiger partial charge >= 0.3 is 5.97 Å². The Labute approximate surface area is 256 Å². The molecule has 0 aromatic heterocycles. The Balaban J connectivity index is 0.00000616. The lowest BCUT2D eigenvalue weighted by molar-refractivity contribution is -0.137. The topological polar surface area (TPSA) is 171 Å². The van der Waals surface area contributed by atoms with Gasteiger partial charge in [-0.25, -0.2) is 8.42 Å². The number of nitrogens with zero attached hydrogens (tertiary/aromatic N) is 3. The Morgan fingerprint density at radius 2 is 1.74 bits per heavy atom. The Morgan fingerprint density at radius 3 is 2.24 bits per heavy atom. The molecule has 4 N–H and O–H groups in total. The number of Topliss-reactive ketones (excluding diaryl/α,β-unsaturated/α-hetero) is 1. The largest absolute Gasteiger partial charge is 0.507 e. The lowest BCUT2D eigenvalue weighted by Gasteiger charge is -2.25. The summed E-state index contributed by atoms with van der Waals surface area (Å²) in [6, 6.07) is 6.39. The van der Waals surface area contributed by atoms with Crippen molar-refractivity contribution in [2.24, 2.45) is 0 Å². The van der Waals surface area contributed by atoms with Crippen LogP contribution in [0.4, 0.5) is 5.69 Å². The average molecular weight is 669 g/mol. The minimum absolute atomic E-state index is 0. The second-order valence-electron chi connectivity index (χ2n) is 11.3. The number of phenols is 1. The van der Waals surface area contributed by atoms with Crippen molar-refractivity contribution in [3.8, 4) is 5.75 Å². The highest BCUT2D eigenvalue weighted by Crippen LogP contribution is 2.36. The molecule has 1 aliphatic rings. The molecule has 1 aliphatic heterocycles. The Morgan fingerprint density at radius 1 is 1.12 bits per heavy atom. The van der Waals surface area contributed by atoms with Crippen molar-refractivity contribution in [3.05, 3.63) is 57.6 Å². The number of hydrogen-bond donors (Lipinski definition) is 4. The molecule has 0 atom stereocenters. The maximum absolute atomic E-state index is 13.6. The van der Waals surface area contributed by atoms with Crippen LogP contribution in [0.25, 0.3) is 0 Å². The Bertz CT molecular complexity index is 1530. The third kappa shape index (κ3) is 7.47. The first kappa shape index (κ1) is 34.7. The number of nitrogens with one attached hydrogen (secondary N) is 2. The zero-order valence-electron chi connectivity index (χ0n) is 24.7. The maximum atomic E-state index is 13.6. The first-order valence-electron chi connectivity index (χ1n) is 12.8. The standard InChI is InChI=1S/C28H37N5O7S.BrH/c1-28(2,3)21-9-16(8-18(25(21)37)13-33(15-24(35)36)41(7,39)40)23(34)14-32-12-17-10-22(31(5)6)20(27(38)30-4)11-19(17)26(32)29;/h8-11,29,37H,12-15H2,1-7H3,(H,30,38)(H,35,36);1H. The van der Waals surface area contributed by atoms with Crippen molar-refractivity contribution in [2.45, 2.75) is 39.3 Å². The van der Waals surface area contributed by atoms with Crippen LogP contribution in [0.5, 0.6) is 5.75 Å². The highest BCUT2D eigenvalue weighted by atomic mass is 79.9. The molecule has 0 radical (unpaired) electrons. The minimum atomic E-state index is -3.95. The second-order valence-corrected chi connectivity index (χ2v) is 13.3. The van der Waals surface area contributed by atoms with Gasteiger partial charge in [-0.1, -0.05) is 20.8 Å². The SMILES string of the molecule is Br.CNC(=O)c1cc2c(cc1N(C)C)CN(CC(=O)c1cc(CN(CC(=O)O)S(C)(=O)=O)c(O)c(C(C)(C)C)c1)C2=N. The van der Waals surface area contributed by atoms with E-state index < -0.39 is 34.5 Å². The van der Waals surface area contributed by atoms with Crippen LogP contribution in [-0.2, 0) is 33.3 Å². The number of phenolic OH excluding ortho intramolecular Hbond substituents is 1. The summed E-state index contributed by atoms with van der Waals surface area (Å²) in [5, 5.41) is 31.6. The molecule has 0 unspecified atom stereocenters. The van der Waals surface area contributed by atoms with Crippen LogP contribution in [0, 0.1) is 5.41 Å². The van der Waals surface area contributed by atoms with E-state index in [-0.39, 0.29) is 64.5 Å². The Hall–Kier alpha value is -3.49. The number of anilines is 1. The smallest absolute Gasteiger partial charge is 0.318 e. The molecule has 230 valence electrons. The van der Waals surface area contributed by atoms with E-state index in [1.54, 1.807) is 21.9 Å². The number of sulfonamides is 1. The van der Waals surface area contributed by atoms with Gasteiger partial charge in [-0.3, -0.25) is 19.8 Å². The summed E-state index contributed by atoms with van der Waals surface area (Å²) in [7, 11) is 1.21. The highest BCUT2D eigenvalue weighted by Gasteiger charge is 2.31. The predicted octanol–water partition coefficient (Wildman–Crippen LogP) is 2.56. The van der Waals surface area contributed by atoms with Gasteiger partial charge in [0.05, 0.1) is 18.4 Å². The van der Waals surface area contributed by atoms with Crippen molar-refractivity contribution in [1.82, 2.24) is 14.5 Å². The van der Waals surface area contributed by atoms with Crippen molar-refractivity contribution in [3.63, 3.8) is 0 Å². The fraction of sp³-hybridized carbons (Fsp3) is 0.429. The van der Waals surface area contributed by atoms with Crippen LogP contribution < -0.4 is 10.2 Å². The molecule has 2 aromatic carbocycles. The average Bonchev–Trinajstić information content (AvgIpc) is 3.15. The zero-order valence-corrected chi connectivity index (χ0v) is 27.3. The second kappa shape index (κ2) is 12.8. The molecule has 42 heavy (non-hydrogen) atoms. The molecule has 0 bridgehead atoms. The summed E-state index contributed by atoms with van der Waals surface area (Å²) in [5.41, 5.74) is 2.47. The summed E-state index contributed by atoms with van der Waals surface area (Å²) in [4.78, 5) is 40.8. The van der Waals surface area contributed by atoms with E-state index >= 15 is 0 Å². The number of amides is 1. The van der Waals surface area contributed by atoms with E-state index in [1.807, 2.05) is 40.9 Å². The number of fused-ring (bicyclic) bond motifs is 1. The van der Waals surface area contributed by atoms with E-state index in [1.165, 1.54) is 13.1 Å². The third-order valence-corrected chi connectivity index (χ3v) is 8.08. The number of rotatable bonds is 10. The third-order valence-electron chi connectivity index (χ3n) is 6.89. The Kier molecular flexibility index (Phi) is 10.6. The number of carbonyl (C=O) groups is 3. The molecule has 0 saturated heterocycles. The molecule has 0 aliphatic carbocycles. The number of benzene rings is 2. The number of amidine groups is 1. The highest BCUT2D eigenvalue weighted by molar-refractivity contribution is 8.93. The summed E-state index contributed by atoms with van der Waals surface area (Å²) in [5.74, 6) is -2.16. The number of carboxylic acids is 1. The lowest BCUT2D eigenvalue weighted by Crippen LogP contribution is -2.34. The van der Waals surface area contributed by atoms with Crippen LogP contribution in [0.15, 0.2) is 24.3 Å². The molecule has 3 rings (SSSR count). The normalized spacial score (nSPS) is 13.0. The minimum Gasteiger partial charge on any atom is -0.507 e. The zero-order chi connectivity index (χ0) is 31.0.